The molecule has 0 unspecified atom stereocenters. The van der Waals surface area contributed by atoms with Gasteiger partial charge in [-0.3, -0.25) is 9.69 Å². The summed E-state index contributed by atoms with van der Waals surface area (Å²) in [6, 6.07) is 4.08. The van der Waals surface area contributed by atoms with E-state index in [-0.39, 0.29) is 12.5 Å². The smallest absolute Gasteiger partial charge is 0.264 e. The SMILES string of the molecule is O=C(c1cc2sccc2s1)N1CCN(CCO)CC1. The van der Waals surface area contributed by atoms with Crippen molar-refractivity contribution >= 4 is 38.0 Å². The number of carbonyl (C=O) groups is 1. The molecule has 4 nitrogen and oxygen atoms in total. The third-order valence-electron chi connectivity index (χ3n) is 3.43. The Morgan fingerprint density at radius 3 is 2.74 bits per heavy atom. The number of aliphatic hydroxyl groups is 1. The zero-order valence-electron chi connectivity index (χ0n) is 10.5. The number of hydrogen-bond donors (Lipinski definition) is 1. The summed E-state index contributed by atoms with van der Waals surface area (Å²) in [7, 11) is 0. The van der Waals surface area contributed by atoms with Gasteiger partial charge < -0.3 is 10.0 Å². The molecule has 0 radical (unpaired) electrons. The van der Waals surface area contributed by atoms with Crippen molar-refractivity contribution in [3.05, 3.63) is 22.4 Å². The summed E-state index contributed by atoms with van der Waals surface area (Å²) in [6.07, 6.45) is 0. The molecule has 3 heterocycles. The van der Waals surface area contributed by atoms with E-state index in [0.717, 1.165) is 31.1 Å². The summed E-state index contributed by atoms with van der Waals surface area (Å²) in [6.45, 7) is 4.11. The molecule has 1 N–H and O–H groups in total. The molecule has 0 spiro atoms. The highest BCUT2D eigenvalue weighted by Gasteiger charge is 2.23. The lowest BCUT2D eigenvalue weighted by Crippen LogP contribution is -2.49. The van der Waals surface area contributed by atoms with E-state index in [1.54, 1.807) is 22.7 Å². The average molecular weight is 296 g/mol. The van der Waals surface area contributed by atoms with Gasteiger partial charge in [0.15, 0.2) is 0 Å². The van der Waals surface area contributed by atoms with Gasteiger partial charge in [-0.15, -0.1) is 22.7 Å². The molecule has 19 heavy (non-hydrogen) atoms. The van der Waals surface area contributed by atoms with Crippen molar-refractivity contribution in [2.45, 2.75) is 0 Å². The van der Waals surface area contributed by atoms with E-state index in [1.165, 1.54) is 9.40 Å². The van der Waals surface area contributed by atoms with Gasteiger partial charge in [0.25, 0.3) is 5.91 Å². The number of rotatable bonds is 3. The molecule has 2 aromatic rings. The van der Waals surface area contributed by atoms with Crippen molar-refractivity contribution in [3.8, 4) is 0 Å². The highest BCUT2D eigenvalue weighted by atomic mass is 32.1. The molecular weight excluding hydrogens is 280 g/mol. The van der Waals surface area contributed by atoms with Gasteiger partial charge in [0.2, 0.25) is 0 Å². The summed E-state index contributed by atoms with van der Waals surface area (Å²) in [4.78, 5) is 17.4. The molecule has 6 heteroatoms. The van der Waals surface area contributed by atoms with Gasteiger partial charge in [0, 0.05) is 42.1 Å². The number of hydrogen-bond acceptors (Lipinski definition) is 5. The Bertz CT molecular complexity index is 541. The fourth-order valence-electron chi connectivity index (χ4n) is 2.34. The van der Waals surface area contributed by atoms with Crippen LogP contribution >= 0.6 is 22.7 Å². The van der Waals surface area contributed by atoms with E-state index >= 15 is 0 Å². The van der Waals surface area contributed by atoms with Crippen molar-refractivity contribution < 1.29 is 9.90 Å². The molecule has 3 rings (SSSR count). The van der Waals surface area contributed by atoms with E-state index in [1.807, 2.05) is 11.0 Å². The molecule has 1 fully saturated rings. The second kappa shape index (κ2) is 5.58. The average Bonchev–Trinajstić information content (AvgIpc) is 3.00. The van der Waals surface area contributed by atoms with Crippen LogP contribution in [-0.4, -0.2) is 60.1 Å². The lowest BCUT2D eigenvalue weighted by molar-refractivity contribution is 0.0619. The van der Waals surface area contributed by atoms with Crippen molar-refractivity contribution in [1.82, 2.24) is 9.80 Å². The van der Waals surface area contributed by atoms with E-state index < -0.39 is 0 Å². The minimum absolute atomic E-state index is 0.150. The van der Waals surface area contributed by atoms with Crippen LogP contribution in [0.2, 0.25) is 0 Å². The minimum atomic E-state index is 0.150. The number of piperazine rings is 1. The van der Waals surface area contributed by atoms with Gasteiger partial charge in [0.1, 0.15) is 0 Å². The lowest BCUT2D eigenvalue weighted by Gasteiger charge is -2.34. The van der Waals surface area contributed by atoms with Crippen molar-refractivity contribution in [2.75, 3.05) is 39.3 Å². The molecule has 0 aromatic carbocycles. The van der Waals surface area contributed by atoms with Crippen LogP contribution in [0.3, 0.4) is 0 Å². The number of aliphatic hydroxyl groups excluding tert-OH is 1. The molecule has 0 aliphatic carbocycles. The van der Waals surface area contributed by atoms with Gasteiger partial charge >= 0.3 is 0 Å². The van der Waals surface area contributed by atoms with Crippen molar-refractivity contribution in [2.24, 2.45) is 0 Å². The molecule has 1 saturated heterocycles. The Kier molecular flexibility index (Phi) is 3.83. The number of thiophene rings is 2. The molecule has 102 valence electrons. The first-order valence-corrected chi connectivity index (χ1v) is 8.07. The van der Waals surface area contributed by atoms with Crippen LogP contribution in [0.25, 0.3) is 9.40 Å². The van der Waals surface area contributed by atoms with Crippen molar-refractivity contribution in [3.63, 3.8) is 0 Å². The summed E-state index contributed by atoms with van der Waals surface area (Å²) in [5.74, 6) is 0.150. The van der Waals surface area contributed by atoms with Crippen LogP contribution in [-0.2, 0) is 0 Å². The predicted octanol–water partition coefficient (Wildman–Crippen LogP) is 1.71. The van der Waals surface area contributed by atoms with Crippen LogP contribution in [0.15, 0.2) is 17.5 Å². The Hall–Kier alpha value is -0.950. The molecule has 1 amide bonds. The standard InChI is InChI=1S/C13H16N2O2S2/c16-7-6-14-2-4-15(5-3-14)13(17)12-9-11-10(19-12)1-8-18-11/h1,8-9,16H,2-7H2. The van der Waals surface area contributed by atoms with Crippen LogP contribution in [0.4, 0.5) is 0 Å². The van der Waals surface area contributed by atoms with E-state index in [2.05, 4.69) is 16.3 Å². The molecule has 2 aromatic heterocycles. The lowest BCUT2D eigenvalue weighted by atomic mass is 10.3. The molecular formula is C13H16N2O2S2. The monoisotopic (exact) mass is 296 g/mol. The van der Waals surface area contributed by atoms with Crippen LogP contribution in [0.1, 0.15) is 9.67 Å². The fraction of sp³-hybridized carbons (Fsp3) is 0.462. The Morgan fingerprint density at radius 1 is 1.26 bits per heavy atom. The maximum Gasteiger partial charge on any atom is 0.264 e. The zero-order valence-corrected chi connectivity index (χ0v) is 12.2. The van der Waals surface area contributed by atoms with Gasteiger partial charge in [-0.2, -0.15) is 0 Å². The summed E-state index contributed by atoms with van der Waals surface area (Å²) in [5.41, 5.74) is 0. The third-order valence-corrected chi connectivity index (χ3v) is 5.51. The third kappa shape index (κ3) is 2.67. The summed E-state index contributed by atoms with van der Waals surface area (Å²) in [5, 5.41) is 11.0. The number of amides is 1. The maximum absolute atomic E-state index is 12.4. The first-order valence-electron chi connectivity index (χ1n) is 6.37. The number of carbonyl (C=O) groups excluding carboxylic acids is 1. The van der Waals surface area contributed by atoms with Gasteiger partial charge in [-0.1, -0.05) is 0 Å². The highest BCUT2D eigenvalue weighted by Crippen LogP contribution is 2.30. The first kappa shape index (κ1) is 13.1. The predicted molar refractivity (Wildman–Crippen MR) is 79.1 cm³/mol. The van der Waals surface area contributed by atoms with Crippen molar-refractivity contribution in [1.29, 1.82) is 0 Å². The molecule has 0 atom stereocenters. The quantitative estimate of drug-likeness (QED) is 0.938. The number of fused-ring (bicyclic) bond motifs is 1. The molecule has 0 saturated carbocycles. The first-order chi connectivity index (χ1) is 9.28. The minimum Gasteiger partial charge on any atom is -0.395 e. The second-order valence-electron chi connectivity index (χ2n) is 4.62. The largest absolute Gasteiger partial charge is 0.395 e. The Balaban J connectivity index is 1.66. The topological polar surface area (TPSA) is 43.8 Å². The summed E-state index contributed by atoms with van der Waals surface area (Å²) < 4.78 is 2.40. The van der Waals surface area contributed by atoms with Crippen LogP contribution in [0.5, 0.6) is 0 Å². The van der Waals surface area contributed by atoms with Gasteiger partial charge in [-0.25, -0.2) is 0 Å². The van der Waals surface area contributed by atoms with E-state index in [4.69, 9.17) is 5.11 Å². The number of nitrogens with zero attached hydrogens (tertiary/aromatic N) is 2. The Morgan fingerprint density at radius 2 is 2.05 bits per heavy atom. The molecule has 0 bridgehead atoms. The van der Waals surface area contributed by atoms with Gasteiger partial charge in [-0.05, 0) is 17.5 Å². The number of β-amino-alcohol motifs (C(OH)–C–C–N with tert-alkyl or cyclic N) is 1. The van der Waals surface area contributed by atoms with E-state index in [9.17, 15) is 4.79 Å². The maximum atomic E-state index is 12.4. The normalized spacial score (nSPS) is 17.2. The van der Waals surface area contributed by atoms with E-state index in [0.29, 0.717) is 6.54 Å². The van der Waals surface area contributed by atoms with Gasteiger partial charge in [0.05, 0.1) is 11.5 Å². The molecule has 1 aliphatic rings. The van der Waals surface area contributed by atoms with Crippen LogP contribution in [0, 0.1) is 0 Å². The summed E-state index contributed by atoms with van der Waals surface area (Å²) >= 11 is 3.27. The van der Waals surface area contributed by atoms with Crippen LogP contribution < -0.4 is 0 Å². The molecule has 1 aliphatic heterocycles. The zero-order chi connectivity index (χ0) is 13.2. The second-order valence-corrected chi connectivity index (χ2v) is 6.65. The Labute approximate surface area is 119 Å². The fourth-order valence-corrected chi connectivity index (χ4v) is 4.42. The highest BCUT2D eigenvalue weighted by molar-refractivity contribution is 7.27.